The van der Waals surface area contributed by atoms with Crippen LogP contribution in [-0.2, 0) is 30.4 Å². The molecule has 0 aromatic heterocycles. The summed E-state index contributed by atoms with van der Waals surface area (Å²) in [6.07, 6.45) is 8.03. The lowest BCUT2D eigenvalue weighted by Gasteiger charge is -2.59. The summed E-state index contributed by atoms with van der Waals surface area (Å²) < 4.78 is 38.6. The first-order chi connectivity index (χ1) is 32.9. The molecule has 4 aromatic carbocycles. The molecule has 7 rings (SSSR count). The lowest BCUT2D eigenvalue weighted by molar-refractivity contribution is -0.256. The fourth-order valence-corrected chi connectivity index (χ4v) is 10.0. The molecule has 2 aliphatic carbocycles. The molecular weight excluding hydrogens is 853 g/mol. The van der Waals surface area contributed by atoms with Gasteiger partial charge in [-0.25, -0.2) is 4.79 Å². The lowest BCUT2D eigenvalue weighted by atomic mass is 9.55. The Kier molecular flexibility index (Phi) is 18.4. The number of rotatable bonds is 26. The third-order valence-corrected chi connectivity index (χ3v) is 12.9. The zero-order valence-electron chi connectivity index (χ0n) is 38.6. The molecule has 1 amide bonds. The van der Waals surface area contributed by atoms with Gasteiger partial charge in [0.2, 0.25) is 5.79 Å². The molecule has 1 heterocycles. The normalized spacial score (nSPS) is 22.2. The van der Waals surface area contributed by atoms with Gasteiger partial charge in [-0.15, -0.1) is 6.58 Å². The van der Waals surface area contributed by atoms with E-state index in [1.165, 1.54) is 7.11 Å². The van der Waals surface area contributed by atoms with E-state index in [1.54, 1.807) is 11.0 Å². The van der Waals surface area contributed by atoms with Gasteiger partial charge < -0.3 is 48.6 Å². The van der Waals surface area contributed by atoms with E-state index in [0.717, 1.165) is 53.5 Å². The third-order valence-electron chi connectivity index (χ3n) is 12.9. The van der Waals surface area contributed by atoms with Crippen molar-refractivity contribution in [3.63, 3.8) is 0 Å². The summed E-state index contributed by atoms with van der Waals surface area (Å²) in [5, 5.41) is 34.2. The molecule has 4 aromatic rings. The zero-order chi connectivity index (χ0) is 46.9. The van der Waals surface area contributed by atoms with Gasteiger partial charge in [0.15, 0.2) is 0 Å². The van der Waals surface area contributed by atoms with E-state index in [4.69, 9.17) is 33.3 Å². The topological polar surface area (TPSA) is 158 Å². The van der Waals surface area contributed by atoms with Crippen LogP contribution in [0.2, 0.25) is 0 Å². The molecule has 1 saturated carbocycles. The van der Waals surface area contributed by atoms with Crippen molar-refractivity contribution in [1.29, 1.82) is 0 Å². The molecule has 0 unspecified atom stereocenters. The van der Waals surface area contributed by atoms with E-state index in [2.05, 4.69) is 36.0 Å². The van der Waals surface area contributed by atoms with Crippen molar-refractivity contribution in [3.05, 3.63) is 139 Å². The Hall–Kier alpha value is -5.54. The fourth-order valence-electron chi connectivity index (χ4n) is 10.0. The number of amides is 1. The molecular formula is C54H66N2O11. The Balaban J connectivity index is 1.31. The summed E-state index contributed by atoms with van der Waals surface area (Å²) >= 11 is 0. The quantitative estimate of drug-likeness (QED) is 0.0314. The minimum atomic E-state index is -1.49. The van der Waals surface area contributed by atoms with Crippen molar-refractivity contribution < 1.29 is 53.4 Å². The minimum absolute atomic E-state index is 0.00692. The van der Waals surface area contributed by atoms with Gasteiger partial charge in [-0.05, 0) is 90.1 Å². The average molecular weight is 919 g/mol. The van der Waals surface area contributed by atoms with E-state index >= 15 is 0 Å². The second-order valence-electron chi connectivity index (χ2n) is 17.1. The number of carbonyl (C=O) groups excluding carboxylic acids is 1. The van der Waals surface area contributed by atoms with Gasteiger partial charge in [-0.3, -0.25) is 4.90 Å². The SMILES string of the molecule is C=CCO[C@@]12Oc3ccc(Oc4ccc(-c5ccccc5)cc4)cc3[C@H]3[C@H](CCCCO)[C@@H](CCCCO)C=C(C(=NOC)C[C@@H]1N(CCOCCO)C(=O)OCCOCc1ccccc1)[C@H]32. The minimum Gasteiger partial charge on any atom is -0.459 e. The van der Waals surface area contributed by atoms with Gasteiger partial charge in [0.05, 0.1) is 51.3 Å². The van der Waals surface area contributed by atoms with E-state index < -0.39 is 23.8 Å². The van der Waals surface area contributed by atoms with Crippen molar-refractivity contribution in [2.45, 2.75) is 69.3 Å². The maximum atomic E-state index is 14.6. The fraction of sp³-hybridized carbons (Fsp3) is 0.444. The standard InChI is InChI=1S/C54H66N2O11/c1-3-30-65-54-50(56(26-31-62-32-29-59)53(60)64-34-33-63-38-39-14-6-4-7-15-39)37-48(55-61-2)46-35-42(18-10-12-27-57)45(19-11-13-28-58)51(52(46)54)47-36-44(24-25-49(47)67-54)66-43-22-20-41(21-23-43)40-16-8-5-9-17-40/h3-9,14-17,20-25,35-36,42,45,50-52,57-59H,1,10-13,18-19,26-34,37-38H2,2H3/t42-,45+,50-,51+,52+,54+/m0/s1. The maximum Gasteiger partial charge on any atom is 0.410 e. The first-order valence-corrected chi connectivity index (χ1v) is 23.6. The summed E-state index contributed by atoms with van der Waals surface area (Å²) in [7, 11) is 1.52. The molecule has 358 valence electrons. The number of allylic oxidation sites excluding steroid dienone is 1. The molecule has 1 fully saturated rings. The third kappa shape index (κ3) is 12.1. The molecule has 0 spiro atoms. The maximum absolute atomic E-state index is 14.6. The Morgan fingerprint density at radius 2 is 1.54 bits per heavy atom. The predicted molar refractivity (Wildman–Crippen MR) is 256 cm³/mol. The van der Waals surface area contributed by atoms with Crippen molar-refractivity contribution >= 4 is 11.8 Å². The molecule has 3 N–H and O–H groups in total. The van der Waals surface area contributed by atoms with E-state index in [1.807, 2.05) is 84.9 Å². The number of aliphatic hydroxyl groups is 3. The number of carbonyl (C=O) groups is 1. The number of aliphatic hydroxyl groups excluding tert-OH is 3. The largest absolute Gasteiger partial charge is 0.459 e. The molecule has 13 nitrogen and oxygen atoms in total. The highest BCUT2D eigenvalue weighted by Crippen LogP contribution is 2.62. The molecule has 67 heavy (non-hydrogen) atoms. The van der Waals surface area contributed by atoms with E-state index in [-0.39, 0.29) is 83.6 Å². The average Bonchev–Trinajstić information content (AvgIpc) is 3.35. The van der Waals surface area contributed by atoms with Gasteiger partial charge in [0, 0.05) is 37.7 Å². The highest BCUT2D eigenvalue weighted by molar-refractivity contribution is 6.03. The van der Waals surface area contributed by atoms with Gasteiger partial charge >= 0.3 is 6.09 Å². The summed E-state index contributed by atoms with van der Waals surface area (Å²) in [6.45, 7) is 4.92. The number of hydrogen-bond donors (Lipinski definition) is 3. The second kappa shape index (κ2) is 25.0. The van der Waals surface area contributed by atoms with Crippen LogP contribution in [0.15, 0.2) is 133 Å². The number of nitrogens with zero attached hydrogens (tertiary/aromatic N) is 2. The van der Waals surface area contributed by atoms with Crippen LogP contribution >= 0.6 is 0 Å². The predicted octanol–water partition coefficient (Wildman–Crippen LogP) is 9.07. The Morgan fingerprint density at radius 1 is 0.821 bits per heavy atom. The molecule has 3 aliphatic rings. The monoisotopic (exact) mass is 918 g/mol. The van der Waals surface area contributed by atoms with Crippen LogP contribution in [0.1, 0.15) is 62.0 Å². The molecule has 1 aliphatic heterocycles. The second-order valence-corrected chi connectivity index (χ2v) is 17.1. The highest BCUT2D eigenvalue weighted by Gasteiger charge is 2.65. The molecule has 0 saturated heterocycles. The van der Waals surface area contributed by atoms with Crippen molar-refractivity contribution in [2.75, 3.05) is 66.5 Å². The molecule has 6 atom stereocenters. The van der Waals surface area contributed by atoms with Crippen molar-refractivity contribution in [2.24, 2.45) is 22.9 Å². The number of oxime groups is 1. The van der Waals surface area contributed by atoms with E-state index in [0.29, 0.717) is 42.4 Å². The van der Waals surface area contributed by atoms with Crippen molar-refractivity contribution in [3.8, 4) is 28.4 Å². The molecule has 0 bridgehead atoms. The first kappa shape index (κ1) is 49.4. The number of hydrogen-bond acceptors (Lipinski definition) is 12. The Labute approximate surface area is 394 Å². The Morgan fingerprint density at radius 3 is 2.25 bits per heavy atom. The first-order valence-electron chi connectivity index (χ1n) is 23.6. The zero-order valence-corrected chi connectivity index (χ0v) is 38.6. The van der Waals surface area contributed by atoms with Crippen molar-refractivity contribution in [1.82, 2.24) is 4.90 Å². The van der Waals surface area contributed by atoms with Gasteiger partial charge in [0.25, 0.3) is 0 Å². The van der Waals surface area contributed by atoms with Crippen LogP contribution in [0, 0.1) is 17.8 Å². The number of ether oxygens (including phenoxy) is 6. The van der Waals surface area contributed by atoms with E-state index in [9.17, 15) is 20.1 Å². The number of fused-ring (bicyclic) bond motifs is 2. The summed E-state index contributed by atoms with van der Waals surface area (Å²) in [4.78, 5) is 21.8. The van der Waals surface area contributed by atoms with Crippen LogP contribution in [0.3, 0.4) is 0 Å². The van der Waals surface area contributed by atoms with Crippen LogP contribution in [0.4, 0.5) is 4.79 Å². The smallest absolute Gasteiger partial charge is 0.410 e. The van der Waals surface area contributed by atoms with Crippen LogP contribution < -0.4 is 9.47 Å². The van der Waals surface area contributed by atoms with Gasteiger partial charge in [0.1, 0.15) is 37.0 Å². The Bertz CT molecular complexity index is 2220. The summed E-state index contributed by atoms with van der Waals surface area (Å²) in [6, 6.07) is 33.1. The van der Waals surface area contributed by atoms with Crippen LogP contribution in [-0.4, -0.2) is 110 Å². The van der Waals surface area contributed by atoms with Gasteiger partial charge in [-0.2, -0.15) is 0 Å². The number of unbranched alkanes of at least 4 members (excludes halogenated alkanes) is 2. The molecule has 13 heteroatoms. The summed E-state index contributed by atoms with van der Waals surface area (Å²) in [5.41, 5.74) is 5.69. The van der Waals surface area contributed by atoms with Crippen LogP contribution in [0.5, 0.6) is 17.2 Å². The molecule has 0 radical (unpaired) electrons. The highest BCUT2D eigenvalue weighted by atomic mass is 16.7. The summed E-state index contributed by atoms with van der Waals surface area (Å²) in [5.74, 6) is -0.287. The number of benzene rings is 4. The lowest BCUT2D eigenvalue weighted by Crippen LogP contribution is -2.70. The van der Waals surface area contributed by atoms with Crippen LogP contribution in [0.25, 0.3) is 11.1 Å². The van der Waals surface area contributed by atoms with Gasteiger partial charge in [-0.1, -0.05) is 103 Å².